The molecule has 0 aliphatic rings. The van der Waals surface area contributed by atoms with Gasteiger partial charge in [0.15, 0.2) is 0 Å². The summed E-state index contributed by atoms with van der Waals surface area (Å²) in [5, 5.41) is 11.7. The molecule has 0 spiro atoms. The van der Waals surface area contributed by atoms with E-state index in [-0.39, 0.29) is 16.8 Å². The van der Waals surface area contributed by atoms with Crippen molar-refractivity contribution in [2.45, 2.75) is 26.3 Å². The monoisotopic (exact) mass is 211 g/mol. The van der Waals surface area contributed by atoms with Crippen LogP contribution < -0.4 is 5.32 Å². The van der Waals surface area contributed by atoms with Crippen LogP contribution >= 0.6 is 0 Å². The fourth-order valence-electron chi connectivity index (χ4n) is 1.16. The summed E-state index contributed by atoms with van der Waals surface area (Å²) in [6.45, 7) is 5.62. The number of nitrogens with one attached hydrogen (secondary N) is 1. The van der Waals surface area contributed by atoms with Crippen molar-refractivity contribution in [2.24, 2.45) is 0 Å². The lowest BCUT2D eigenvalue weighted by Crippen LogP contribution is -2.26. The van der Waals surface area contributed by atoms with Crippen LogP contribution in [0.3, 0.4) is 0 Å². The number of anilines is 1. The van der Waals surface area contributed by atoms with Crippen LogP contribution in [0.25, 0.3) is 0 Å². The minimum atomic E-state index is -1.06. The number of hydrogen-bond donors (Lipinski definition) is 2. The van der Waals surface area contributed by atoms with E-state index >= 15 is 0 Å². The highest BCUT2D eigenvalue weighted by Crippen LogP contribution is 2.20. The molecule has 0 saturated carbocycles. The van der Waals surface area contributed by atoms with E-state index in [4.69, 9.17) is 5.11 Å². The molecule has 0 heterocycles. The van der Waals surface area contributed by atoms with E-state index in [1.54, 1.807) is 0 Å². The number of aromatic carboxylic acids is 1. The smallest absolute Gasteiger partial charge is 0.335 e. The van der Waals surface area contributed by atoms with Crippen LogP contribution in [0.15, 0.2) is 18.2 Å². The number of carbonyl (C=O) groups is 1. The fraction of sp³-hybridized carbons (Fsp3) is 0.364. The lowest BCUT2D eigenvalue weighted by molar-refractivity contribution is 0.0697. The molecule has 0 atom stereocenters. The van der Waals surface area contributed by atoms with Crippen LogP contribution in [0.2, 0.25) is 0 Å². The third-order valence-corrected chi connectivity index (χ3v) is 1.72. The molecule has 1 aromatic carbocycles. The molecule has 0 fully saturated rings. The number of halogens is 1. The summed E-state index contributed by atoms with van der Waals surface area (Å²) < 4.78 is 13.3. The molecule has 4 heteroatoms. The third kappa shape index (κ3) is 3.23. The molecule has 2 N–H and O–H groups in total. The molecule has 1 rings (SSSR count). The zero-order chi connectivity index (χ0) is 11.6. The lowest BCUT2D eigenvalue weighted by atomic mass is 10.1. The highest BCUT2D eigenvalue weighted by atomic mass is 19.1. The maximum absolute atomic E-state index is 13.3. The van der Waals surface area contributed by atoms with Crippen LogP contribution in [-0.2, 0) is 0 Å². The van der Waals surface area contributed by atoms with Gasteiger partial charge in [-0.15, -0.1) is 0 Å². The summed E-state index contributed by atoms with van der Waals surface area (Å²) in [6.07, 6.45) is 0. The Hall–Kier alpha value is -1.58. The van der Waals surface area contributed by atoms with E-state index < -0.39 is 11.8 Å². The topological polar surface area (TPSA) is 49.3 Å². The molecule has 82 valence electrons. The zero-order valence-electron chi connectivity index (χ0n) is 8.97. The molecule has 3 nitrogen and oxygen atoms in total. The minimum Gasteiger partial charge on any atom is -0.478 e. The van der Waals surface area contributed by atoms with E-state index in [9.17, 15) is 9.18 Å². The molecule has 0 aromatic heterocycles. The second kappa shape index (κ2) is 3.88. The molecule has 0 radical (unpaired) electrons. The van der Waals surface area contributed by atoms with Gasteiger partial charge in [-0.3, -0.25) is 0 Å². The van der Waals surface area contributed by atoms with E-state index in [1.165, 1.54) is 12.1 Å². The highest BCUT2D eigenvalue weighted by Gasteiger charge is 2.14. The van der Waals surface area contributed by atoms with Crippen molar-refractivity contribution < 1.29 is 14.3 Å². The van der Waals surface area contributed by atoms with Crippen molar-refractivity contribution in [1.82, 2.24) is 0 Å². The zero-order valence-corrected chi connectivity index (χ0v) is 8.97. The van der Waals surface area contributed by atoms with Gasteiger partial charge >= 0.3 is 5.97 Å². The minimum absolute atomic E-state index is 0.0724. The molecular formula is C11H14FNO2. The quantitative estimate of drug-likeness (QED) is 0.790. The Morgan fingerprint density at radius 3 is 2.47 bits per heavy atom. The average molecular weight is 211 g/mol. The Labute approximate surface area is 87.9 Å². The number of rotatable bonds is 2. The largest absolute Gasteiger partial charge is 0.478 e. The first kappa shape index (κ1) is 11.5. The Morgan fingerprint density at radius 2 is 2.00 bits per heavy atom. The van der Waals surface area contributed by atoms with Crippen molar-refractivity contribution in [3.8, 4) is 0 Å². The first-order chi connectivity index (χ1) is 6.79. The van der Waals surface area contributed by atoms with Crippen LogP contribution in [0, 0.1) is 5.82 Å². The summed E-state index contributed by atoms with van der Waals surface area (Å²) in [6, 6.07) is 3.69. The summed E-state index contributed by atoms with van der Waals surface area (Å²) in [5.41, 5.74) is -0.0247. The number of hydrogen-bond acceptors (Lipinski definition) is 2. The van der Waals surface area contributed by atoms with Gasteiger partial charge in [0.2, 0.25) is 0 Å². The number of carboxylic acid groups (broad SMARTS) is 1. The summed E-state index contributed by atoms with van der Waals surface area (Å²) in [4.78, 5) is 10.7. The van der Waals surface area contributed by atoms with Gasteiger partial charge in [-0.1, -0.05) is 0 Å². The second-order valence-electron chi connectivity index (χ2n) is 4.37. The molecule has 15 heavy (non-hydrogen) atoms. The highest BCUT2D eigenvalue weighted by molar-refractivity contribution is 5.88. The van der Waals surface area contributed by atoms with Crippen LogP contribution in [0.5, 0.6) is 0 Å². The molecule has 0 saturated heterocycles. The summed E-state index contributed by atoms with van der Waals surface area (Å²) in [7, 11) is 0. The normalized spacial score (nSPS) is 11.2. The van der Waals surface area contributed by atoms with Crippen LogP contribution in [0.4, 0.5) is 10.1 Å². The maximum Gasteiger partial charge on any atom is 0.335 e. The predicted octanol–water partition coefficient (Wildman–Crippen LogP) is 2.73. The molecule has 0 amide bonds. The lowest BCUT2D eigenvalue weighted by Gasteiger charge is -2.22. The van der Waals surface area contributed by atoms with Gasteiger partial charge in [0.1, 0.15) is 5.82 Å². The van der Waals surface area contributed by atoms with Gasteiger partial charge in [-0.05, 0) is 39.0 Å². The SMILES string of the molecule is CC(C)(C)Nc1cc(C(=O)O)ccc1F. The fourth-order valence-corrected chi connectivity index (χ4v) is 1.16. The molecule has 0 aliphatic heterocycles. The van der Waals surface area contributed by atoms with Gasteiger partial charge in [0, 0.05) is 5.54 Å². The molecule has 0 aliphatic carbocycles. The van der Waals surface area contributed by atoms with Crippen molar-refractivity contribution >= 4 is 11.7 Å². The van der Waals surface area contributed by atoms with Crippen molar-refractivity contribution in [2.75, 3.05) is 5.32 Å². The maximum atomic E-state index is 13.3. The van der Waals surface area contributed by atoms with Crippen LogP contribution in [-0.4, -0.2) is 16.6 Å². The Morgan fingerprint density at radius 1 is 1.40 bits per heavy atom. The standard InChI is InChI=1S/C11H14FNO2/c1-11(2,3)13-9-6-7(10(14)15)4-5-8(9)12/h4-6,13H,1-3H3,(H,14,15). The van der Waals surface area contributed by atoms with Crippen molar-refractivity contribution in [3.63, 3.8) is 0 Å². The Kier molecular flexibility index (Phi) is 2.98. The second-order valence-corrected chi connectivity index (χ2v) is 4.37. The summed E-state index contributed by atoms with van der Waals surface area (Å²) in [5.74, 6) is -1.51. The predicted molar refractivity (Wildman–Crippen MR) is 56.7 cm³/mol. The van der Waals surface area contributed by atoms with Gasteiger partial charge in [-0.2, -0.15) is 0 Å². The average Bonchev–Trinajstić information content (AvgIpc) is 2.06. The van der Waals surface area contributed by atoms with Crippen LogP contribution in [0.1, 0.15) is 31.1 Å². The van der Waals surface area contributed by atoms with Gasteiger partial charge in [0.25, 0.3) is 0 Å². The third-order valence-electron chi connectivity index (χ3n) is 1.72. The van der Waals surface area contributed by atoms with Crippen molar-refractivity contribution in [1.29, 1.82) is 0 Å². The van der Waals surface area contributed by atoms with Crippen molar-refractivity contribution in [3.05, 3.63) is 29.6 Å². The van der Waals surface area contributed by atoms with E-state index in [0.717, 1.165) is 6.07 Å². The number of carboxylic acids is 1. The Bertz CT molecular complexity index is 383. The molecule has 1 aromatic rings. The first-order valence-electron chi connectivity index (χ1n) is 4.60. The molecule has 0 bridgehead atoms. The Balaban J connectivity index is 3.06. The van der Waals surface area contributed by atoms with E-state index in [2.05, 4.69) is 5.32 Å². The van der Waals surface area contributed by atoms with Gasteiger partial charge < -0.3 is 10.4 Å². The van der Waals surface area contributed by atoms with Gasteiger partial charge in [-0.25, -0.2) is 9.18 Å². The number of benzene rings is 1. The molecule has 0 unspecified atom stereocenters. The van der Waals surface area contributed by atoms with E-state index in [0.29, 0.717) is 0 Å². The summed E-state index contributed by atoms with van der Waals surface area (Å²) >= 11 is 0. The first-order valence-corrected chi connectivity index (χ1v) is 4.60. The molecular weight excluding hydrogens is 197 g/mol. The van der Waals surface area contributed by atoms with E-state index in [1.807, 2.05) is 20.8 Å². The van der Waals surface area contributed by atoms with Gasteiger partial charge in [0.05, 0.1) is 11.3 Å².